The molecule has 2 amide bonds. The number of carbonyl (C=O) groups is 2. The first-order chi connectivity index (χ1) is 13.6. The van der Waals surface area contributed by atoms with Gasteiger partial charge in [-0.15, -0.1) is 0 Å². The minimum atomic E-state index is -0.558. The van der Waals surface area contributed by atoms with Crippen molar-refractivity contribution in [2.75, 3.05) is 31.7 Å². The molecule has 28 heavy (non-hydrogen) atoms. The number of piperidine rings is 1. The Morgan fingerprint density at radius 2 is 2.00 bits per heavy atom. The molecule has 0 atom stereocenters. The number of carbonyl (C=O) groups excluding carboxylic acids is 2. The van der Waals surface area contributed by atoms with E-state index < -0.39 is 5.91 Å². The molecule has 152 valence electrons. The van der Waals surface area contributed by atoms with Crippen LogP contribution in [0.3, 0.4) is 0 Å². The van der Waals surface area contributed by atoms with Crippen LogP contribution in [0.4, 0.5) is 5.69 Å². The average Bonchev–Trinajstić information content (AvgIpc) is 2.69. The third-order valence-corrected chi connectivity index (χ3v) is 5.85. The number of nitrogens with zero attached hydrogens (tertiary/aromatic N) is 1. The number of anilines is 1. The molecule has 1 aromatic carbocycles. The molecule has 1 heterocycles. The van der Waals surface area contributed by atoms with Gasteiger partial charge in [0.15, 0.2) is 0 Å². The number of para-hydroxylation sites is 1. The smallest absolute Gasteiger partial charge is 0.267 e. The van der Waals surface area contributed by atoms with Crippen LogP contribution in [0.25, 0.3) is 6.08 Å². The zero-order valence-electron chi connectivity index (χ0n) is 16.3. The van der Waals surface area contributed by atoms with Crippen molar-refractivity contribution in [2.24, 2.45) is 5.41 Å². The number of hydroxylamine groups is 1. The lowest BCUT2D eigenvalue weighted by Gasteiger charge is -2.42. The highest BCUT2D eigenvalue weighted by Crippen LogP contribution is 2.41. The average molecular weight is 387 g/mol. The number of nitrogens with one attached hydrogen (secondary N) is 2. The lowest BCUT2D eigenvalue weighted by Crippen LogP contribution is -2.53. The predicted octanol–water partition coefficient (Wildman–Crippen LogP) is 2.11. The maximum Gasteiger partial charge on any atom is 0.267 e. The van der Waals surface area contributed by atoms with Gasteiger partial charge < -0.3 is 15.0 Å². The van der Waals surface area contributed by atoms with E-state index in [0.29, 0.717) is 6.61 Å². The minimum absolute atomic E-state index is 0.136. The Labute approximate surface area is 165 Å². The van der Waals surface area contributed by atoms with Crippen molar-refractivity contribution in [3.8, 4) is 0 Å². The lowest BCUT2D eigenvalue weighted by molar-refractivity contribution is -0.141. The molecule has 0 bridgehead atoms. The van der Waals surface area contributed by atoms with Crippen LogP contribution in [0.2, 0.25) is 0 Å². The third-order valence-electron chi connectivity index (χ3n) is 5.85. The first-order valence-corrected chi connectivity index (χ1v) is 9.84. The van der Waals surface area contributed by atoms with Gasteiger partial charge in [0, 0.05) is 38.0 Å². The molecule has 3 N–H and O–H groups in total. The Balaban J connectivity index is 1.58. The van der Waals surface area contributed by atoms with Crippen molar-refractivity contribution in [3.05, 3.63) is 35.9 Å². The number of benzene rings is 1. The fourth-order valence-electron chi connectivity index (χ4n) is 4.04. The van der Waals surface area contributed by atoms with Crippen LogP contribution in [0, 0.1) is 5.41 Å². The summed E-state index contributed by atoms with van der Waals surface area (Å²) in [6.07, 6.45) is 7.67. The largest absolute Gasteiger partial charge is 0.384 e. The van der Waals surface area contributed by atoms with Crippen molar-refractivity contribution in [2.45, 2.75) is 38.1 Å². The van der Waals surface area contributed by atoms with Crippen LogP contribution in [0.5, 0.6) is 0 Å². The number of methoxy groups -OCH3 is 1. The monoisotopic (exact) mass is 387 g/mol. The van der Waals surface area contributed by atoms with Crippen LogP contribution in [0.1, 0.15) is 37.7 Å². The second-order valence-corrected chi connectivity index (χ2v) is 7.67. The highest BCUT2D eigenvalue weighted by Gasteiger charge is 2.44. The van der Waals surface area contributed by atoms with Gasteiger partial charge in [-0.1, -0.05) is 24.6 Å². The maximum absolute atomic E-state index is 12.7. The fraction of sp³-hybridized carbons (Fsp3) is 0.524. The summed E-state index contributed by atoms with van der Waals surface area (Å²) >= 11 is 0. The van der Waals surface area contributed by atoms with Crippen molar-refractivity contribution < 1.29 is 19.5 Å². The van der Waals surface area contributed by atoms with Crippen molar-refractivity contribution in [1.29, 1.82) is 0 Å². The summed E-state index contributed by atoms with van der Waals surface area (Å²) in [5, 5.41) is 11.9. The molecule has 3 rings (SSSR count). The number of rotatable bonds is 7. The summed E-state index contributed by atoms with van der Waals surface area (Å²) in [4.78, 5) is 26.3. The van der Waals surface area contributed by atoms with Crippen molar-refractivity contribution in [1.82, 2.24) is 10.8 Å². The molecule has 1 saturated heterocycles. The normalized spacial score (nSPS) is 19.3. The topological polar surface area (TPSA) is 90.9 Å². The highest BCUT2D eigenvalue weighted by atomic mass is 16.5. The van der Waals surface area contributed by atoms with E-state index in [2.05, 4.69) is 10.2 Å². The van der Waals surface area contributed by atoms with Gasteiger partial charge in [-0.25, -0.2) is 5.48 Å². The molecule has 0 radical (unpaired) electrons. The second-order valence-electron chi connectivity index (χ2n) is 7.67. The van der Waals surface area contributed by atoms with Gasteiger partial charge in [-0.05, 0) is 43.4 Å². The Morgan fingerprint density at radius 1 is 1.29 bits per heavy atom. The SMILES string of the molecule is COCC1(C(=O)NC2CCN(c3ccccc3C=CC(=O)NO)CC2)CCC1. The summed E-state index contributed by atoms with van der Waals surface area (Å²) < 4.78 is 5.28. The van der Waals surface area contributed by atoms with Crippen molar-refractivity contribution in [3.63, 3.8) is 0 Å². The molecular weight excluding hydrogens is 358 g/mol. The van der Waals surface area contributed by atoms with E-state index in [1.807, 2.05) is 24.3 Å². The molecule has 0 unspecified atom stereocenters. The standard InChI is InChI=1S/C21H29N3O4/c1-28-15-21(11-4-12-21)20(26)22-17-9-13-24(14-10-17)18-6-3-2-5-16(18)7-8-19(25)23-27/h2-3,5-8,17,27H,4,9-15H2,1H3,(H,22,26)(H,23,25). The van der Waals surface area contributed by atoms with Gasteiger partial charge in [0.2, 0.25) is 5.91 Å². The lowest BCUT2D eigenvalue weighted by atomic mass is 9.68. The molecule has 1 saturated carbocycles. The van der Waals surface area contributed by atoms with E-state index in [1.54, 1.807) is 18.7 Å². The molecule has 0 spiro atoms. The van der Waals surface area contributed by atoms with Crippen LogP contribution in [0.15, 0.2) is 30.3 Å². The zero-order chi connectivity index (χ0) is 20.0. The van der Waals surface area contributed by atoms with Gasteiger partial charge in [-0.2, -0.15) is 0 Å². The summed E-state index contributed by atoms with van der Waals surface area (Å²) in [6.45, 7) is 2.16. The van der Waals surface area contributed by atoms with Gasteiger partial charge in [0.05, 0.1) is 12.0 Å². The number of ether oxygens (including phenoxy) is 1. The quantitative estimate of drug-likeness (QED) is 0.379. The summed E-state index contributed by atoms with van der Waals surface area (Å²) in [6, 6.07) is 8.03. The summed E-state index contributed by atoms with van der Waals surface area (Å²) in [5.41, 5.74) is 3.24. The van der Waals surface area contributed by atoms with E-state index in [1.165, 1.54) is 6.08 Å². The molecular formula is C21H29N3O4. The molecule has 1 aliphatic carbocycles. The fourth-order valence-corrected chi connectivity index (χ4v) is 4.04. The van der Waals surface area contributed by atoms with E-state index >= 15 is 0 Å². The summed E-state index contributed by atoms with van der Waals surface area (Å²) in [5.74, 6) is -0.422. The summed E-state index contributed by atoms with van der Waals surface area (Å²) in [7, 11) is 1.65. The maximum atomic E-state index is 12.7. The van der Waals surface area contributed by atoms with E-state index in [-0.39, 0.29) is 17.4 Å². The Hall–Kier alpha value is -2.38. The number of hydrogen-bond donors (Lipinski definition) is 3. The van der Waals surface area contributed by atoms with Gasteiger partial charge >= 0.3 is 0 Å². The van der Waals surface area contributed by atoms with Crippen LogP contribution in [-0.2, 0) is 14.3 Å². The Kier molecular flexibility index (Phi) is 6.70. The van der Waals surface area contributed by atoms with Crippen LogP contribution < -0.4 is 15.7 Å². The Bertz CT molecular complexity index is 722. The third kappa shape index (κ3) is 4.54. The molecule has 1 aliphatic heterocycles. The molecule has 2 aliphatic rings. The van der Waals surface area contributed by atoms with Gasteiger partial charge in [0.25, 0.3) is 5.91 Å². The van der Waals surface area contributed by atoms with Crippen LogP contribution >= 0.6 is 0 Å². The first kappa shape index (κ1) is 20.4. The Morgan fingerprint density at radius 3 is 2.61 bits per heavy atom. The van der Waals surface area contributed by atoms with Gasteiger partial charge in [0.1, 0.15) is 0 Å². The minimum Gasteiger partial charge on any atom is -0.384 e. The molecule has 7 nitrogen and oxygen atoms in total. The number of hydrogen-bond acceptors (Lipinski definition) is 5. The first-order valence-electron chi connectivity index (χ1n) is 9.84. The zero-order valence-corrected chi connectivity index (χ0v) is 16.3. The van der Waals surface area contributed by atoms with Gasteiger partial charge in [-0.3, -0.25) is 14.8 Å². The van der Waals surface area contributed by atoms with E-state index in [9.17, 15) is 9.59 Å². The molecule has 0 aromatic heterocycles. The molecule has 2 fully saturated rings. The van der Waals surface area contributed by atoms with Crippen LogP contribution in [-0.4, -0.2) is 49.9 Å². The molecule has 1 aromatic rings. The number of amides is 2. The van der Waals surface area contributed by atoms with Crippen molar-refractivity contribution >= 4 is 23.6 Å². The second kappa shape index (κ2) is 9.21. The van der Waals surface area contributed by atoms with E-state index in [0.717, 1.165) is 56.4 Å². The highest BCUT2D eigenvalue weighted by molar-refractivity contribution is 5.91. The van der Waals surface area contributed by atoms with E-state index in [4.69, 9.17) is 9.94 Å². The predicted molar refractivity (Wildman–Crippen MR) is 107 cm³/mol. The molecule has 7 heteroatoms.